The molecule has 1 aromatic carbocycles. The molecular formula is C14H19F3N2O2. The van der Waals surface area contributed by atoms with E-state index in [1.807, 2.05) is 0 Å². The number of methoxy groups -OCH3 is 1. The zero-order valence-electron chi connectivity index (χ0n) is 11.8. The Morgan fingerprint density at radius 2 is 2.00 bits per heavy atom. The number of carbonyl (C=O) groups is 1. The smallest absolute Gasteiger partial charge is 0.383 e. The molecule has 1 amide bonds. The van der Waals surface area contributed by atoms with Crippen LogP contribution in [0.4, 0.5) is 13.2 Å². The third-order valence-electron chi connectivity index (χ3n) is 2.73. The number of hydrogen-bond acceptors (Lipinski definition) is 3. The maximum atomic E-state index is 12.5. The molecule has 0 aromatic heterocycles. The number of halogens is 3. The zero-order valence-corrected chi connectivity index (χ0v) is 11.8. The summed E-state index contributed by atoms with van der Waals surface area (Å²) in [5.41, 5.74) is -0.399. The van der Waals surface area contributed by atoms with Crippen molar-refractivity contribution in [2.45, 2.75) is 12.6 Å². The first kappa shape index (κ1) is 17.5. The second-order valence-electron chi connectivity index (χ2n) is 4.47. The Kier molecular flexibility index (Phi) is 7.18. The van der Waals surface area contributed by atoms with Crippen LogP contribution in [0.15, 0.2) is 24.3 Å². The minimum absolute atomic E-state index is 0.0675. The van der Waals surface area contributed by atoms with Gasteiger partial charge in [0.15, 0.2) is 0 Å². The Hall–Kier alpha value is -1.60. The average molecular weight is 304 g/mol. The van der Waals surface area contributed by atoms with E-state index in [0.717, 1.165) is 12.1 Å². The Balaban J connectivity index is 2.35. The molecule has 1 rings (SSSR count). The second-order valence-corrected chi connectivity index (χ2v) is 4.47. The first-order chi connectivity index (χ1) is 9.93. The largest absolute Gasteiger partial charge is 0.416 e. The Bertz CT molecular complexity index is 450. The van der Waals surface area contributed by atoms with Crippen LogP contribution in [0.3, 0.4) is 0 Å². The second kappa shape index (κ2) is 8.63. The van der Waals surface area contributed by atoms with Crippen molar-refractivity contribution in [3.63, 3.8) is 0 Å². The molecule has 0 aliphatic rings. The molecule has 0 heterocycles. The summed E-state index contributed by atoms with van der Waals surface area (Å²) in [6.07, 6.45) is -4.46. The highest BCUT2D eigenvalue weighted by Gasteiger charge is 2.30. The van der Waals surface area contributed by atoms with Crippen molar-refractivity contribution in [3.8, 4) is 0 Å². The predicted octanol–water partition coefficient (Wildman–Crippen LogP) is 1.60. The van der Waals surface area contributed by atoms with Gasteiger partial charge in [0, 0.05) is 26.7 Å². The van der Waals surface area contributed by atoms with Crippen LogP contribution in [0.5, 0.6) is 0 Å². The molecule has 0 saturated heterocycles. The molecule has 118 valence electrons. The van der Waals surface area contributed by atoms with E-state index in [1.165, 1.54) is 12.1 Å². The van der Waals surface area contributed by atoms with E-state index >= 15 is 0 Å². The highest BCUT2D eigenvalue weighted by molar-refractivity contribution is 5.78. The average Bonchev–Trinajstić information content (AvgIpc) is 2.42. The summed E-state index contributed by atoms with van der Waals surface area (Å²) in [6.45, 7) is 2.26. The molecule has 21 heavy (non-hydrogen) atoms. The van der Waals surface area contributed by atoms with Gasteiger partial charge in [-0.05, 0) is 11.6 Å². The molecule has 0 spiro atoms. The standard InChI is InChI=1S/C14H19F3N2O2/c1-21-8-7-18-5-6-19-13(20)10-11-3-2-4-12(9-11)14(15,16)17/h2-4,9,18H,5-8,10H2,1H3,(H,19,20). The molecule has 0 atom stereocenters. The molecular weight excluding hydrogens is 285 g/mol. The summed E-state index contributed by atoms with van der Waals surface area (Å²) in [5, 5.41) is 5.69. The van der Waals surface area contributed by atoms with Gasteiger partial charge < -0.3 is 15.4 Å². The molecule has 0 unspecified atom stereocenters. The summed E-state index contributed by atoms with van der Waals surface area (Å²) < 4.78 is 42.5. The van der Waals surface area contributed by atoms with Gasteiger partial charge in [-0.2, -0.15) is 13.2 Å². The van der Waals surface area contributed by atoms with E-state index in [9.17, 15) is 18.0 Å². The fourth-order valence-electron chi connectivity index (χ4n) is 1.70. The number of nitrogens with one attached hydrogen (secondary N) is 2. The molecule has 0 aliphatic heterocycles. The molecule has 0 fully saturated rings. The maximum absolute atomic E-state index is 12.5. The Labute approximate surface area is 121 Å². The van der Waals surface area contributed by atoms with Gasteiger partial charge in [0.1, 0.15) is 0 Å². The van der Waals surface area contributed by atoms with Crippen molar-refractivity contribution in [2.75, 3.05) is 33.4 Å². The fraction of sp³-hybridized carbons (Fsp3) is 0.500. The SMILES string of the molecule is COCCNCCNC(=O)Cc1cccc(C(F)(F)F)c1. The summed E-state index contributed by atoms with van der Waals surface area (Å²) in [5.74, 6) is -0.303. The minimum atomic E-state index is -4.39. The molecule has 2 N–H and O–H groups in total. The lowest BCUT2D eigenvalue weighted by Gasteiger charge is -2.09. The third-order valence-corrected chi connectivity index (χ3v) is 2.73. The van der Waals surface area contributed by atoms with Crippen LogP contribution >= 0.6 is 0 Å². The van der Waals surface area contributed by atoms with Crippen molar-refractivity contribution in [1.29, 1.82) is 0 Å². The number of rotatable bonds is 8. The lowest BCUT2D eigenvalue weighted by Crippen LogP contribution is -2.33. The zero-order chi connectivity index (χ0) is 15.7. The first-order valence-corrected chi connectivity index (χ1v) is 6.56. The van der Waals surface area contributed by atoms with Gasteiger partial charge in [-0.3, -0.25) is 4.79 Å². The third kappa shape index (κ3) is 7.10. The maximum Gasteiger partial charge on any atom is 0.416 e. The highest BCUT2D eigenvalue weighted by Crippen LogP contribution is 2.29. The number of alkyl halides is 3. The van der Waals surface area contributed by atoms with Gasteiger partial charge in [0.25, 0.3) is 0 Å². The van der Waals surface area contributed by atoms with Crippen LogP contribution in [0.25, 0.3) is 0 Å². The van der Waals surface area contributed by atoms with Crippen LogP contribution in [-0.2, 0) is 22.1 Å². The van der Waals surface area contributed by atoms with Gasteiger partial charge >= 0.3 is 6.18 Å². The van der Waals surface area contributed by atoms with Crippen molar-refractivity contribution < 1.29 is 22.7 Å². The molecule has 0 bridgehead atoms. The van der Waals surface area contributed by atoms with Crippen molar-refractivity contribution in [2.24, 2.45) is 0 Å². The van der Waals surface area contributed by atoms with Crippen molar-refractivity contribution in [1.82, 2.24) is 10.6 Å². The molecule has 0 radical (unpaired) electrons. The lowest BCUT2D eigenvalue weighted by atomic mass is 10.1. The normalized spacial score (nSPS) is 11.4. The lowest BCUT2D eigenvalue weighted by molar-refractivity contribution is -0.137. The van der Waals surface area contributed by atoms with Gasteiger partial charge in [-0.25, -0.2) is 0 Å². The van der Waals surface area contributed by atoms with E-state index in [4.69, 9.17) is 4.74 Å². The minimum Gasteiger partial charge on any atom is -0.383 e. The Morgan fingerprint density at radius 3 is 2.67 bits per heavy atom. The van der Waals surface area contributed by atoms with Gasteiger partial charge in [0.2, 0.25) is 5.91 Å². The van der Waals surface area contributed by atoms with Crippen LogP contribution < -0.4 is 10.6 Å². The molecule has 7 heteroatoms. The predicted molar refractivity (Wildman–Crippen MR) is 72.9 cm³/mol. The summed E-state index contributed by atoms with van der Waals surface area (Å²) in [4.78, 5) is 11.6. The van der Waals surface area contributed by atoms with Gasteiger partial charge in [-0.15, -0.1) is 0 Å². The number of amides is 1. The van der Waals surface area contributed by atoms with E-state index in [0.29, 0.717) is 31.8 Å². The summed E-state index contributed by atoms with van der Waals surface area (Å²) in [7, 11) is 1.60. The van der Waals surface area contributed by atoms with Crippen LogP contribution in [0.2, 0.25) is 0 Å². The number of benzene rings is 1. The highest BCUT2D eigenvalue weighted by atomic mass is 19.4. The van der Waals surface area contributed by atoms with E-state index in [2.05, 4.69) is 10.6 Å². The van der Waals surface area contributed by atoms with Crippen LogP contribution in [0, 0.1) is 0 Å². The van der Waals surface area contributed by atoms with E-state index < -0.39 is 11.7 Å². The Morgan fingerprint density at radius 1 is 1.24 bits per heavy atom. The number of ether oxygens (including phenoxy) is 1. The molecule has 0 aliphatic carbocycles. The van der Waals surface area contributed by atoms with Crippen molar-refractivity contribution in [3.05, 3.63) is 35.4 Å². The van der Waals surface area contributed by atoms with E-state index in [-0.39, 0.29) is 12.3 Å². The van der Waals surface area contributed by atoms with Crippen molar-refractivity contribution >= 4 is 5.91 Å². The summed E-state index contributed by atoms with van der Waals surface area (Å²) >= 11 is 0. The fourth-order valence-corrected chi connectivity index (χ4v) is 1.70. The molecule has 1 aromatic rings. The summed E-state index contributed by atoms with van der Waals surface area (Å²) in [6, 6.07) is 4.79. The monoisotopic (exact) mass is 304 g/mol. The first-order valence-electron chi connectivity index (χ1n) is 6.56. The topological polar surface area (TPSA) is 50.4 Å². The van der Waals surface area contributed by atoms with Gasteiger partial charge in [-0.1, -0.05) is 18.2 Å². The van der Waals surface area contributed by atoms with E-state index in [1.54, 1.807) is 7.11 Å². The number of carbonyl (C=O) groups excluding carboxylic acids is 1. The molecule has 4 nitrogen and oxygen atoms in total. The van der Waals surface area contributed by atoms with Crippen LogP contribution in [-0.4, -0.2) is 39.3 Å². The van der Waals surface area contributed by atoms with Gasteiger partial charge in [0.05, 0.1) is 18.6 Å². The van der Waals surface area contributed by atoms with Crippen LogP contribution in [0.1, 0.15) is 11.1 Å². The number of hydrogen-bond donors (Lipinski definition) is 2. The quantitative estimate of drug-likeness (QED) is 0.717. The molecule has 0 saturated carbocycles.